The predicted molar refractivity (Wildman–Crippen MR) is 48.5 cm³/mol. The monoisotopic (exact) mass is 156 g/mol. The molecule has 0 amide bonds. The zero-order valence-corrected chi connectivity index (χ0v) is 7.31. The Hall–Kier alpha value is -0.0800. The van der Waals surface area contributed by atoms with Gasteiger partial charge in [0, 0.05) is 6.04 Å². The minimum absolute atomic E-state index is 0.851. The van der Waals surface area contributed by atoms with Gasteiger partial charge in [-0.3, -0.25) is 0 Å². The van der Waals surface area contributed by atoms with Crippen LogP contribution >= 0.6 is 0 Å². The molecular formula is C9H20N2. The van der Waals surface area contributed by atoms with Gasteiger partial charge in [-0.2, -0.15) is 0 Å². The van der Waals surface area contributed by atoms with Crippen LogP contribution in [0.5, 0.6) is 0 Å². The van der Waals surface area contributed by atoms with Crippen molar-refractivity contribution in [3.63, 3.8) is 0 Å². The van der Waals surface area contributed by atoms with Gasteiger partial charge < -0.3 is 11.1 Å². The van der Waals surface area contributed by atoms with E-state index in [1.54, 1.807) is 0 Å². The van der Waals surface area contributed by atoms with Crippen molar-refractivity contribution in [3.05, 3.63) is 0 Å². The fourth-order valence-corrected chi connectivity index (χ4v) is 1.36. The van der Waals surface area contributed by atoms with Gasteiger partial charge in [0.15, 0.2) is 0 Å². The third-order valence-corrected chi connectivity index (χ3v) is 2.42. The highest BCUT2D eigenvalue weighted by Crippen LogP contribution is 2.17. The molecule has 2 nitrogen and oxygen atoms in total. The van der Waals surface area contributed by atoms with Gasteiger partial charge in [-0.1, -0.05) is 12.8 Å². The molecule has 1 fully saturated rings. The average molecular weight is 156 g/mol. The van der Waals surface area contributed by atoms with Crippen LogP contribution in [0.2, 0.25) is 0 Å². The Bertz CT molecular complexity index is 89.6. The fourth-order valence-electron chi connectivity index (χ4n) is 1.36. The van der Waals surface area contributed by atoms with E-state index in [9.17, 15) is 0 Å². The lowest BCUT2D eigenvalue weighted by Crippen LogP contribution is -2.35. The van der Waals surface area contributed by atoms with Crippen LogP contribution in [-0.2, 0) is 0 Å². The molecule has 0 aromatic rings. The maximum Gasteiger partial charge on any atom is 0.00670 e. The summed E-state index contributed by atoms with van der Waals surface area (Å²) >= 11 is 0. The number of unbranched alkanes of at least 4 members (excludes halogenated alkanes) is 2. The normalized spacial score (nSPS) is 18.3. The molecule has 0 spiro atoms. The number of nitrogens with one attached hydrogen (secondary N) is 1. The third kappa shape index (κ3) is 3.73. The smallest absolute Gasteiger partial charge is 0.00670 e. The molecule has 1 rings (SSSR count). The summed E-state index contributed by atoms with van der Waals surface area (Å²) in [6.45, 7) is 2.05. The molecule has 0 heterocycles. The highest BCUT2D eigenvalue weighted by atomic mass is 14.9. The molecule has 0 bridgehead atoms. The van der Waals surface area contributed by atoms with Gasteiger partial charge in [-0.15, -0.1) is 0 Å². The SMILES string of the molecule is NCCCCCNC1CCC1. The van der Waals surface area contributed by atoms with Crippen LogP contribution in [-0.4, -0.2) is 19.1 Å². The number of hydrogen-bond acceptors (Lipinski definition) is 2. The zero-order valence-electron chi connectivity index (χ0n) is 7.31. The zero-order chi connectivity index (χ0) is 7.94. The summed E-state index contributed by atoms with van der Waals surface area (Å²) < 4.78 is 0. The molecule has 11 heavy (non-hydrogen) atoms. The fraction of sp³-hybridized carbons (Fsp3) is 1.00. The average Bonchev–Trinajstić information content (AvgIpc) is 1.93. The molecule has 1 aliphatic carbocycles. The first-order valence-electron chi connectivity index (χ1n) is 4.87. The van der Waals surface area contributed by atoms with Crippen LogP contribution in [0.1, 0.15) is 38.5 Å². The van der Waals surface area contributed by atoms with E-state index in [1.807, 2.05) is 0 Å². The van der Waals surface area contributed by atoms with E-state index in [0.717, 1.165) is 12.6 Å². The molecule has 0 saturated heterocycles. The highest BCUT2D eigenvalue weighted by Gasteiger charge is 2.15. The van der Waals surface area contributed by atoms with Crippen molar-refractivity contribution in [2.45, 2.75) is 44.6 Å². The summed E-state index contributed by atoms with van der Waals surface area (Å²) in [4.78, 5) is 0. The van der Waals surface area contributed by atoms with Gasteiger partial charge in [0.25, 0.3) is 0 Å². The molecule has 0 aromatic heterocycles. The van der Waals surface area contributed by atoms with E-state index in [1.165, 1.54) is 45.1 Å². The topological polar surface area (TPSA) is 38.0 Å². The van der Waals surface area contributed by atoms with Crippen LogP contribution in [0.4, 0.5) is 0 Å². The molecule has 1 saturated carbocycles. The lowest BCUT2D eigenvalue weighted by atomic mass is 9.93. The Balaban J connectivity index is 1.73. The maximum absolute atomic E-state index is 5.39. The molecule has 0 radical (unpaired) electrons. The second-order valence-electron chi connectivity index (χ2n) is 3.43. The maximum atomic E-state index is 5.39. The molecule has 3 N–H and O–H groups in total. The first kappa shape index (κ1) is 9.01. The summed E-state index contributed by atoms with van der Waals surface area (Å²) in [6, 6.07) is 0.855. The number of hydrogen-bond donors (Lipinski definition) is 2. The van der Waals surface area contributed by atoms with Crippen molar-refractivity contribution < 1.29 is 0 Å². The van der Waals surface area contributed by atoms with Crippen molar-refractivity contribution in [2.75, 3.05) is 13.1 Å². The van der Waals surface area contributed by atoms with Crippen LogP contribution in [0.25, 0.3) is 0 Å². The van der Waals surface area contributed by atoms with Crippen molar-refractivity contribution in [1.29, 1.82) is 0 Å². The quantitative estimate of drug-likeness (QED) is 0.568. The molecule has 0 atom stereocenters. The van der Waals surface area contributed by atoms with Crippen LogP contribution in [0, 0.1) is 0 Å². The van der Waals surface area contributed by atoms with Crippen LogP contribution in [0.3, 0.4) is 0 Å². The van der Waals surface area contributed by atoms with Crippen molar-refractivity contribution >= 4 is 0 Å². The second kappa shape index (κ2) is 5.56. The Labute approximate surface area is 69.5 Å². The molecule has 1 aliphatic rings. The lowest BCUT2D eigenvalue weighted by Gasteiger charge is -2.26. The Morgan fingerprint density at radius 3 is 2.55 bits per heavy atom. The van der Waals surface area contributed by atoms with Gasteiger partial charge >= 0.3 is 0 Å². The van der Waals surface area contributed by atoms with Crippen LogP contribution < -0.4 is 11.1 Å². The molecule has 0 unspecified atom stereocenters. The van der Waals surface area contributed by atoms with Crippen LogP contribution in [0.15, 0.2) is 0 Å². The molecule has 2 heteroatoms. The van der Waals surface area contributed by atoms with Gasteiger partial charge in [0.05, 0.1) is 0 Å². The van der Waals surface area contributed by atoms with E-state index in [-0.39, 0.29) is 0 Å². The van der Waals surface area contributed by atoms with E-state index >= 15 is 0 Å². The number of nitrogens with two attached hydrogens (primary N) is 1. The minimum atomic E-state index is 0.851. The first-order chi connectivity index (χ1) is 5.43. The summed E-state index contributed by atoms with van der Waals surface area (Å²) in [5.74, 6) is 0. The Morgan fingerprint density at radius 1 is 1.18 bits per heavy atom. The molecule has 0 aromatic carbocycles. The van der Waals surface area contributed by atoms with Gasteiger partial charge in [0.2, 0.25) is 0 Å². The van der Waals surface area contributed by atoms with E-state index in [4.69, 9.17) is 5.73 Å². The van der Waals surface area contributed by atoms with E-state index in [0.29, 0.717) is 0 Å². The summed E-state index contributed by atoms with van der Waals surface area (Å²) in [5.41, 5.74) is 5.39. The minimum Gasteiger partial charge on any atom is -0.330 e. The Kier molecular flexibility index (Phi) is 4.55. The van der Waals surface area contributed by atoms with Crippen molar-refractivity contribution in [1.82, 2.24) is 5.32 Å². The predicted octanol–water partition coefficient (Wildman–Crippen LogP) is 1.26. The first-order valence-corrected chi connectivity index (χ1v) is 4.87. The van der Waals surface area contributed by atoms with Gasteiger partial charge in [0.1, 0.15) is 0 Å². The Morgan fingerprint density at radius 2 is 2.00 bits per heavy atom. The second-order valence-corrected chi connectivity index (χ2v) is 3.43. The number of rotatable bonds is 6. The summed E-state index contributed by atoms with van der Waals surface area (Å²) in [7, 11) is 0. The highest BCUT2D eigenvalue weighted by molar-refractivity contribution is 4.75. The third-order valence-electron chi connectivity index (χ3n) is 2.42. The van der Waals surface area contributed by atoms with Crippen molar-refractivity contribution in [3.8, 4) is 0 Å². The van der Waals surface area contributed by atoms with E-state index < -0.39 is 0 Å². The molecular weight excluding hydrogens is 136 g/mol. The van der Waals surface area contributed by atoms with E-state index in [2.05, 4.69) is 5.32 Å². The largest absolute Gasteiger partial charge is 0.330 e. The standard InChI is InChI=1S/C9H20N2/c10-7-2-1-3-8-11-9-5-4-6-9/h9,11H,1-8,10H2. The molecule has 66 valence electrons. The summed E-state index contributed by atoms with van der Waals surface area (Å²) in [6.07, 6.45) is 8.00. The summed E-state index contributed by atoms with van der Waals surface area (Å²) in [5, 5.41) is 3.54. The van der Waals surface area contributed by atoms with Gasteiger partial charge in [-0.25, -0.2) is 0 Å². The van der Waals surface area contributed by atoms with Gasteiger partial charge in [-0.05, 0) is 38.8 Å². The molecule has 0 aliphatic heterocycles. The lowest BCUT2D eigenvalue weighted by molar-refractivity contribution is 0.337. The van der Waals surface area contributed by atoms with Crippen molar-refractivity contribution in [2.24, 2.45) is 5.73 Å².